The first-order chi connectivity index (χ1) is 9.82. The molecule has 0 spiro atoms. The lowest BCUT2D eigenvalue weighted by atomic mass is 9.93. The Bertz CT molecular complexity index is 441. The van der Waals surface area contributed by atoms with Gasteiger partial charge in [-0.25, -0.2) is 0 Å². The molecule has 0 bridgehead atoms. The predicted molar refractivity (Wildman–Crippen MR) is 86.8 cm³/mol. The highest BCUT2D eigenvalue weighted by Gasteiger charge is 2.18. The number of amides is 1. The first-order valence-corrected chi connectivity index (χ1v) is 7.12. The van der Waals surface area contributed by atoms with E-state index in [1.165, 1.54) is 0 Å². The SMILES string of the molecule is COc1ccc(NC(=O)CNCC(C)(C)CN(C)C)cc1. The second-order valence-corrected chi connectivity index (χ2v) is 6.28. The number of nitrogens with zero attached hydrogens (tertiary/aromatic N) is 1. The van der Waals surface area contributed by atoms with Crippen LogP contribution in [-0.4, -0.2) is 51.6 Å². The lowest BCUT2D eigenvalue weighted by molar-refractivity contribution is -0.115. The van der Waals surface area contributed by atoms with Crippen LogP contribution < -0.4 is 15.4 Å². The van der Waals surface area contributed by atoms with E-state index in [1.807, 2.05) is 24.3 Å². The Morgan fingerprint density at radius 1 is 1.24 bits per heavy atom. The normalized spacial score (nSPS) is 11.5. The van der Waals surface area contributed by atoms with Gasteiger partial charge in [0.15, 0.2) is 0 Å². The van der Waals surface area contributed by atoms with Gasteiger partial charge in [-0.3, -0.25) is 4.79 Å². The summed E-state index contributed by atoms with van der Waals surface area (Å²) in [5.74, 6) is 0.734. The molecule has 1 amide bonds. The zero-order valence-corrected chi connectivity index (χ0v) is 13.7. The predicted octanol–water partition coefficient (Wildman–Crippen LogP) is 1.81. The molecule has 5 heteroatoms. The quantitative estimate of drug-likeness (QED) is 0.767. The third kappa shape index (κ3) is 7.11. The van der Waals surface area contributed by atoms with Crippen LogP contribution in [0.3, 0.4) is 0 Å². The van der Waals surface area contributed by atoms with E-state index in [4.69, 9.17) is 4.74 Å². The maximum absolute atomic E-state index is 11.9. The largest absolute Gasteiger partial charge is 0.497 e. The van der Waals surface area contributed by atoms with Gasteiger partial charge in [0.1, 0.15) is 5.75 Å². The molecular formula is C16H27N3O2. The summed E-state index contributed by atoms with van der Waals surface area (Å²) in [6, 6.07) is 7.30. The van der Waals surface area contributed by atoms with E-state index < -0.39 is 0 Å². The minimum Gasteiger partial charge on any atom is -0.497 e. The van der Waals surface area contributed by atoms with E-state index in [0.29, 0.717) is 6.54 Å². The third-order valence-corrected chi connectivity index (χ3v) is 3.01. The van der Waals surface area contributed by atoms with Crippen LogP contribution in [0.15, 0.2) is 24.3 Å². The van der Waals surface area contributed by atoms with Crippen molar-refractivity contribution < 1.29 is 9.53 Å². The van der Waals surface area contributed by atoms with Gasteiger partial charge >= 0.3 is 0 Å². The number of rotatable bonds is 8. The zero-order valence-electron chi connectivity index (χ0n) is 13.7. The topological polar surface area (TPSA) is 53.6 Å². The van der Waals surface area contributed by atoms with Crippen LogP contribution >= 0.6 is 0 Å². The van der Waals surface area contributed by atoms with Gasteiger partial charge in [-0.2, -0.15) is 0 Å². The van der Waals surface area contributed by atoms with Crippen molar-refractivity contribution in [3.63, 3.8) is 0 Å². The number of ether oxygens (including phenoxy) is 1. The summed E-state index contributed by atoms with van der Waals surface area (Å²) in [7, 11) is 5.73. The van der Waals surface area contributed by atoms with Gasteiger partial charge < -0.3 is 20.3 Å². The average Bonchev–Trinajstić information content (AvgIpc) is 2.37. The van der Waals surface area contributed by atoms with Crippen molar-refractivity contribution in [1.29, 1.82) is 0 Å². The lowest BCUT2D eigenvalue weighted by Crippen LogP contribution is -2.40. The van der Waals surface area contributed by atoms with Crippen LogP contribution in [0.25, 0.3) is 0 Å². The van der Waals surface area contributed by atoms with Crippen molar-refractivity contribution in [2.45, 2.75) is 13.8 Å². The molecule has 0 aromatic heterocycles. The van der Waals surface area contributed by atoms with Gasteiger partial charge in [0.2, 0.25) is 5.91 Å². The highest BCUT2D eigenvalue weighted by molar-refractivity contribution is 5.92. The molecule has 0 aliphatic rings. The number of anilines is 1. The molecule has 0 atom stereocenters. The van der Waals surface area contributed by atoms with Gasteiger partial charge in [0.25, 0.3) is 0 Å². The Kier molecular flexibility index (Phi) is 6.65. The zero-order chi connectivity index (χ0) is 15.9. The van der Waals surface area contributed by atoms with E-state index in [2.05, 4.69) is 43.5 Å². The van der Waals surface area contributed by atoms with Gasteiger partial charge in [0, 0.05) is 18.8 Å². The molecule has 5 nitrogen and oxygen atoms in total. The second kappa shape index (κ2) is 8.00. The second-order valence-electron chi connectivity index (χ2n) is 6.28. The fourth-order valence-electron chi connectivity index (χ4n) is 2.31. The summed E-state index contributed by atoms with van der Waals surface area (Å²) in [6.07, 6.45) is 0. The highest BCUT2D eigenvalue weighted by atomic mass is 16.5. The molecule has 0 aliphatic heterocycles. The molecule has 0 radical (unpaired) electrons. The standard InChI is InChI=1S/C16H27N3O2/c1-16(2,12-19(3)4)11-17-10-15(20)18-13-6-8-14(21-5)9-7-13/h6-9,17H,10-12H2,1-5H3,(H,18,20). The van der Waals surface area contributed by atoms with E-state index in [-0.39, 0.29) is 11.3 Å². The summed E-state index contributed by atoms with van der Waals surface area (Å²) in [4.78, 5) is 14.0. The van der Waals surface area contributed by atoms with Gasteiger partial charge in [-0.15, -0.1) is 0 Å². The monoisotopic (exact) mass is 293 g/mol. The number of nitrogens with one attached hydrogen (secondary N) is 2. The molecule has 0 fully saturated rings. The number of methoxy groups -OCH3 is 1. The molecule has 1 rings (SSSR count). The van der Waals surface area contributed by atoms with Gasteiger partial charge in [0.05, 0.1) is 13.7 Å². The molecule has 21 heavy (non-hydrogen) atoms. The Labute approximate surface area is 127 Å². The minimum atomic E-state index is -0.0409. The molecule has 0 saturated carbocycles. The fraction of sp³-hybridized carbons (Fsp3) is 0.562. The third-order valence-electron chi connectivity index (χ3n) is 3.01. The van der Waals surface area contributed by atoms with Crippen LogP contribution in [0.4, 0.5) is 5.69 Å². The molecule has 0 aliphatic carbocycles. The van der Waals surface area contributed by atoms with Crippen molar-refractivity contribution in [3.8, 4) is 5.75 Å². The number of carbonyl (C=O) groups is 1. The van der Waals surface area contributed by atoms with Crippen molar-refractivity contribution in [2.24, 2.45) is 5.41 Å². The number of hydrogen-bond donors (Lipinski definition) is 2. The van der Waals surface area contributed by atoms with Crippen LogP contribution in [-0.2, 0) is 4.79 Å². The summed E-state index contributed by atoms with van der Waals surface area (Å²) >= 11 is 0. The van der Waals surface area contributed by atoms with Gasteiger partial charge in [-0.1, -0.05) is 13.8 Å². The van der Waals surface area contributed by atoms with Crippen LogP contribution in [0.5, 0.6) is 5.75 Å². The van der Waals surface area contributed by atoms with Crippen LogP contribution in [0.1, 0.15) is 13.8 Å². The van der Waals surface area contributed by atoms with E-state index in [0.717, 1.165) is 24.5 Å². The summed E-state index contributed by atoms with van der Waals surface area (Å²) in [5, 5.41) is 6.06. The van der Waals surface area contributed by atoms with Crippen molar-refractivity contribution in [1.82, 2.24) is 10.2 Å². The number of hydrogen-bond acceptors (Lipinski definition) is 4. The average molecular weight is 293 g/mol. The summed E-state index contributed by atoms with van der Waals surface area (Å²) in [5.41, 5.74) is 0.902. The molecular weight excluding hydrogens is 266 g/mol. The van der Waals surface area contributed by atoms with E-state index in [1.54, 1.807) is 7.11 Å². The smallest absolute Gasteiger partial charge is 0.238 e. The molecule has 0 unspecified atom stereocenters. The summed E-state index contributed by atoms with van der Waals surface area (Å²) in [6.45, 7) is 6.44. The molecule has 1 aromatic carbocycles. The lowest BCUT2D eigenvalue weighted by Gasteiger charge is -2.28. The molecule has 0 saturated heterocycles. The van der Waals surface area contributed by atoms with Crippen molar-refractivity contribution in [3.05, 3.63) is 24.3 Å². The number of carbonyl (C=O) groups excluding carboxylic acids is 1. The van der Waals surface area contributed by atoms with Gasteiger partial charge in [-0.05, 0) is 43.8 Å². The number of benzene rings is 1. The molecule has 2 N–H and O–H groups in total. The van der Waals surface area contributed by atoms with Crippen LogP contribution in [0, 0.1) is 5.41 Å². The van der Waals surface area contributed by atoms with E-state index >= 15 is 0 Å². The fourth-order valence-corrected chi connectivity index (χ4v) is 2.31. The first-order valence-electron chi connectivity index (χ1n) is 7.12. The highest BCUT2D eigenvalue weighted by Crippen LogP contribution is 2.15. The Morgan fingerprint density at radius 3 is 2.38 bits per heavy atom. The maximum atomic E-state index is 11.9. The summed E-state index contributed by atoms with van der Waals surface area (Å²) < 4.78 is 5.08. The Balaban J connectivity index is 2.33. The minimum absolute atomic E-state index is 0.0409. The Hall–Kier alpha value is -1.59. The molecule has 1 aromatic rings. The Morgan fingerprint density at radius 2 is 1.86 bits per heavy atom. The molecule has 0 heterocycles. The van der Waals surface area contributed by atoms with Crippen molar-refractivity contribution >= 4 is 11.6 Å². The molecule has 118 valence electrons. The van der Waals surface area contributed by atoms with Crippen LogP contribution in [0.2, 0.25) is 0 Å². The maximum Gasteiger partial charge on any atom is 0.238 e. The van der Waals surface area contributed by atoms with Crippen molar-refractivity contribution in [2.75, 3.05) is 46.2 Å². The first kappa shape index (κ1) is 17.5. The van der Waals surface area contributed by atoms with E-state index in [9.17, 15) is 4.79 Å².